The molecule has 0 radical (unpaired) electrons. The standard InChI is InChI=1S/C22H26N4O4/c1-24-14-17(13-23-24)15-25-8-10-26(11-9-25)22(27)21-7-6-20(30-21)16-29-19-5-3-4-18(12-19)28-2/h3-7,12-14H,8-11,15-16H2,1-2H3. The lowest BCUT2D eigenvalue weighted by atomic mass is 10.2. The first-order valence-corrected chi connectivity index (χ1v) is 9.95. The first-order chi connectivity index (χ1) is 14.6. The summed E-state index contributed by atoms with van der Waals surface area (Å²) in [6.07, 6.45) is 3.91. The molecule has 0 spiro atoms. The molecule has 2 aromatic heterocycles. The molecule has 158 valence electrons. The Hall–Kier alpha value is -3.26. The van der Waals surface area contributed by atoms with Gasteiger partial charge in [0.2, 0.25) is 0 Å². The lowest BCUT2D eigenvalue weighted by Crippen LogP contribution is -2.48. The van der Waals surface area contributed by atoms with Crippen LogP contribution < -0.4 is 9.47 Å². The maximum Gasteiger partial charge on any atom is 0.289 e. The molecule has 1 fully saturated rings. The lowest BCUT2D eigenvalue weighted by molar-refractivity contribution is 0.0594. The molecule has 3 heterocycles. The zero-order valence-corrected chi connectivity index (χ0v) is 17.3. The number of hydrogen-bond donors (Lipinski definition) is 0. The van der Waals surface area contributed by atoms with Crippen LogP contribution in [0, 0.1) is 0 Å². The molecule has 1 saturated heterocycles. The van der Waals surface area contributed by atoms with Crippen LogP contribution in [-0.4, -0.2) is 58.8 Å². The summed E-state index contributed by atoms with van der Waals surface area (Å²) >= 11 is 0. The van der Waals surface area contributed by atoms with Gasteiger partial charge in [0.05, 0.1) is 13.3 Å². The van der Waals surface area contributed by atoms with E-state index in [-0.39, 0.29) is 12.5 Å². The van der Waals surface area contributed by atoms with Crippen LogP contribution in [0.1, 0.15) is 21.9 Å². The highest BCUT2D eigenvalue weighted by molar-refractivity contribution is 5.91. The summed E-state index contributed by atoms with van der Waals surface area (Å²) in [5, 5.41) is 4.21. The second-order valence-electron chi connectivity index (χ2n) is 7.32. The Morgan fingerprint density at radius 2 is 1.93 bits per heavy atom. The SMILES string of the molecule is COc1cccc(OCc2ccc(C(=O)N3CCN(Cc4cnn(C)c4)CC3)o2)c1. The van der Waals surface area contributed by atoms with Crippen molar-refractivity contribution in [2.45, 2.75) is 13.2 Å². The van der Waals surface area contributed by atoms with Crippen LogP contribution >= 0.6 is 0 Å². The van der Waals surface area contributed by atoms with Gasteiger partial charge >= 0.3 is 0 Å². The van der Waals surface area contributed by atoms with E-state index in [9.17, 15) is 4.79 Å². The summed E-state index contributed by atoms with van der Waals surface area (Å²) in [6, 6.07) is 10.9. The van der Waals surface area contributed by atoms with Crippen molar-refractivity contribution in [1.82, 2.24) is 19.6 Å². The Labute approximate surface area is 175 Å². The summed E-state index contributed by atoms with van der Waals surface area (Å²) < 4.78 is 18.5. The molecule has 0 aliphatic carbocycles. The number of furan rings is 1. The van der Waals surface area contributed by atoms with Crippen LogP contribution in [0.5, 0.6) is 11.5 Å². The van der Waals surface area contributed by atoms with Gasteiger partial charge in [0.1, 0.15) is 23.9 Å². The molecule has 8 heteroatoms. The van der Waals surface area contributed by atoms with Gasteiger partial charge in [-0.3, -0.25) is 14.4 Å². The molecule has 1 aliphatic rings. The van der Waals surface area contributed by atoms with Gasteiger partial charge in [0.15, 0.2) is 5.76 Å². The van der Waals surface area contributed by atoms with Crippen molar-refractivity contribution in [3.8, 4) is 11.5 Å². The third-order valence-electron chi connectivity index (χ3n) is 5.12. The Morgan fingerprint density at radius 3 is 2.67 bits per heavy atom. The molecular weight excluding hydrogens is 384 g/mol. The van der Waals surface area contributed by atoms with Crippen molar-refractivity contribution in [3.05, 3.63) is 65.9 Å². The number of amides is 1. The van der Waals surface area contributed by atoms with Crippen molar-refractivity contribution in [2.24, 2.45) is 7.05 Å². The highest BCUT2D eigenvalue weighted by atomic mass is 16.5. The molecule has 0 N–H and O–H groups in total. The molecule has 1 aromatic carbocycles. The normalized spacial score (nSPS) is 14.7. The van der Waals surface area contributed by atoms with Crippen LogP contribution in [0.2, 0.25) is 0 Å². The average molecular weight is 410 g/mol. The fourth-order valence-electron chi connectivity index (χ4n) is 3.49. The number of methoxy groups -OCH3 is 1. The van der Waals surface area contributed by atoms with E-state index in [1.807, 2.05) is 47.2 Å². The smallest absolute Gasteiger partial charge is 0.289 e. The molecule has 1 amide bonds. The maximum atomic E-state index is 12.8. The molecule has 8 nitrogen and oxygen atoms in total. The summed E-state index contributed by atoms with van der Waals surface area (Å²) in [6.45, 7) is 4.10. The van der Waals surface area contributed by atoms with E-state index in [1.165, 1.54) is 5.56 Å². The zero-order chi connectivity index (χ0) is 20.9. The van der Waals surface area contributed by atoms with Crippen LogP contribution in [0.25, 0.3) is 0 Å². The zero-order valence-electron chi connectivity index (χ0n) is 17.3. The molecule has 0 unspecified atom stereocenters. The summed E-state index contributed by atoms with van der Waals surface area (Å²) in [7, 11) is 3.53. The van der Waals surface area contributed by atoms with Gasteiger partial charge in [-0.05, 0) is 24.3 Å². The van der Waals surface area contributed by atoms with E-state index >= 15 is 0 Å². The van der Waals surface area contributed by atoms with Gasteiger partial charge in [-0.15, -0.1) is 0 Å². The Balaban J connectivity index is 1.27. The number of aromatic nitrogens is 2. The number of piperazine rings is 1. The van der Waals surface area contributed by atoms with Crippen molar-refractivity contribution in [2.75, 3.05) is 33.3 Å². The van der Waals surface area contributed by atoms with Crippen LogP contribution in [0.3, 0.4) is 0 Å². The van der Waals surface area contributed by atoms with E-state index in [2.05, 4.69) is 10.00 Å². The Morgan fingerprint density at radius 1 is 1.13 bits per heavy atom. The van der Waals surface area contributed by atoms with Crippen molar-refractivity contribution in [3.63, 3.8) is 0 Å². The molecule has 3 aromatic rings. The molecule has 4 rings (SSSR count). The van der Waals surface area contributed by atoms with Gasteiger partial charge in [0.25, 0.3) is 5.91 Å². The monoisotopic (exact) mass is 410 g/mol. The second kappa shape index (κ2) is 9.04. The number of benzene rings is 1. The predicted molar refractivity (Wildman–Crippen MR) is 110 cm³/mol. The first-order valence-electron chi connectivity index (χ1n) is 9.95. The van der Waals surface area contributed by atoms with Crippen molar-refractivity contribution in [1.29, 1.82) is 0 Å². The van der Waals surface area contributed by atoms with Crippen LogP contribution in [0.15, 0.2) is 53.2 Å². The fraction of sp³-hybridized carbons (Fsp3) is 0.364. The second-order valence-corrected chi connectivity index (χ2v) is 7.32. The number of carbonyl (C=O) groups is 1. The van der Waals surface area contributed by atoms with Crippen molar-refractivity contribution < 1.29 is 18.7 Å². The van der Waals surface area contributed by atoms with E-state index in [0.717, 1.165) is 25.4 Å². The number of ether oxygens (including phenoxy) is 2. The maximum absolute atomic E-state index is 12.8. The van der Waals surface area contributed by atoms with Gasteiger partial charge in [-0.25, -0.2) is 0 Å². The molecule has 0 atom stereocenters. The van der Waals surface area contributed by atoms with E-state index in [0.29, 0.717) is 30.4 Å². The largest absolute Gasteiger partial charge is 0.497 e. The predicted octanol–water partition coefficient (Wildman–Crippen LogP) is 2.56. The minimum absolute atomic E-state index is 0.0799. The Bertz CT molecular complexity index is 988. The molecule has 1 aliphatic heterocycles. The summed E-state index contributed by atoms with van der Waals surface area (Å²) in [4.78, 5) is 17.0. The minimum atomic E-state index is -0.0799. The fourth-order valence-corrected chi connectivity index (χ4v) is 3.49. The first kappa shape index (κ1) is 20.0. The number of nitrogens with zero attached hydrogens (tertiary/aromatic N) is 4. The third kappa shape index (κ3) is 4.83. The van der Waals surface area contributed by atoms with Gasteiger partial charge in [0, 0.05) is 57.6 Å². The average Bonchev–Trinajstić information content (AvgIpc) is 3.41. The summed E-state index contributed by atoms with van der Waals surface area (Å²) in [5.74, 6) is 2.29. The molecule has 0 bridgehead atoms. The number of carbonyl (C=O) groups excluding carboxylic acids is 1. The van der Waals surface area contributed by atoms with Gasteiger partial charge in [-0.1, -0.05) is 6.07 Å². The molecule has 30 heavy (non-hydrogen) atoms. The minimum Gasteiger partial charge on any atom is -0.497 e. The van der Waals surface area contributed by atoms with Crippen LogP contribution in [-0.2, 0) is 20.2 Å². The van der Waals surface area contributed by atoms with E-state index in [4.69, 9.17) is 13.9 Å². The quantitative estimate of drug-likeness (QED) is 0.596. The van der Waals surface area contributed by atoms with Gasteiger partial charge < -0.3 is 18.8 Å². The number of hydrogen-bond acceptors (Lipinski definition) is 6. The lowest BCUT2D eigenvalue weighted by Gasteiger charge is -2.34. The number of aryl methyl sites for hydroxylation is 1. The van der Waals surface area contributed by atoms with Crippen molar-refractivity contribution >= 4 is 5.91 Å². The van der Waals surface area contributed by atoms with E-state index < -0.39 is 0 Å². The molecule has 0 saturated carbocycles. The number of rotatable bonds is 7. The molecular formula is C22H26N4O4. The highest BCUT2D eigenvalue weighted by Gasteiger charge is 2.24. The highest BCUT2D eigenvalue weighted by Crippen LogP contribution is 2.21. The topological polar surface area (TPSA) is 73.0 Å². The van der Waals surface area contributed by atoms with Crippen LogP contribution in [0.4, 0.5) is 0 Å². The summed E-state index contributed by atoms with van der Waals surface area (Å²) in [5.41, 5.74) is 1.18. The Kier molecular flexibility index (Phi) is 6.04. The van der Waals surface area contributed by atoms with E-state index in [1.54, 1.807) is 25.3 Å². The van der Waals surface area contributed by atoms with Gasteiger partial charge in [-0.2, -0.15) is 5.10 Å². The third-order valence-corrected chi connectivity index (χ3v) is 5.12.